The summed E-state index contributed by atoms with van der Waals surface area (Å²) >= 11 is 0. The minimum absolute atomic E-state index is 0.368. The number of halogens is 3. The van der Waals surface area contributed by atoms with Crippen LogP contribution >= 0.6 is 10.7 Å². The summed E-state index contributed by atoms with van der Waals surface area (Å²) in [7, 11) is 0.135. The topological polar surface area (TPSA) is 114 Å². The standard InChI is InChI=1S/C7H2ClF2N3O4S/c8-18(16,17)6-4(1-11)12-2-3(7(9)10)5(6)13(14)15/h2,7H. The fraction of sp³-hybridized carbons (Fsp3) is 0.143. The van der Waals surface area contributed by atoms with Gasteiger partial charge in [0.2, 0.25) is 0 Å². The molecule has 0 aromatic carbocycles. The van der Waals surface area contributed by atoms with E-state index in [-0.39, 0.29) is 0 Å². The summed E-state index contributed by atoms with van der Waals surface area (Å²) in [5.41, 5.74) is -3.58. The molecule has 0 N–H and O–H groups in total. The van der Waals surface area contributed by atoms with Crippen molar-refractivity contribution in [1.29, 1.82) is 5.26 Å². The van der Waals surface area contributed by atoms with Crippen molar-refractivity contribution in [2.24, 2.45) is 0 Å². The van der Waals surface area contributed by atoms with E-state index in [9.17, 15) is 27.3 Å². The highest BCUT2D eigenvalue weighted by atomic mass is 35.7. The zero-order valence-corrected chi connectivity index (χ0v) is 9.74. The monoisotopic (exact) mass is 297 g/mol. The summed E-state index contributed by atoms with van der Waals surface area (Å²) in [5, 5.41) is 19.2. The van der Waals surface area contributed by atoms with Crippen LogP contribution in [-0.4, -0.2) is 18.3 Å². The second-order valence-corrected chi connectivity index (χ2v) is 5.35. The molecule has 0 unspecified atom stereocenters. The summed E-state index contributed by atoms with van der Waals surface area (Å²) in [4.78, 5) is 11.1. The van der Waals surface area contributed by atoms with Gasteiger partial charge >= 0.3 is 5.69 Å². The first-order valence-corrected chi connectivity index (χ1v) is 6.31. The first-order chi connectivity index (χ1) is 8.20. The zero-order valence-electron chi connectivity index (χ0n) is 8.17. The average molecular weight is 298 g/mol. The van der Waals surface area contributed by atoms with E-state index >= 15 is 0 Å². The molecule has 1 heterocycles. The number of alkyl halides is 2. The Morgan fingerprint density at radius 3 is 2.44 bits per heavy atom. The van der Waals surface area contributed by atoms with Crippen molar-refractivity contribution in [3.8, 4) is 6.07 Å². The van der Waals surface area contributed by atoms with Gasteiger partial charge in [0.1, 0.15) is 11.6 Å². The van der Waals surface area contributed by atoms with Crippen molar-refractivity contribution in [2.45, 2.75) is 11.3 Å². The molecule has 7 nitrogen and oxygen atoms in total. The molecule has 1 aromatic heterocycles. The molecule has 0 aliphatic heterocycles. The van der Waals surface area contributed by atoms with E-state index in [0.29, 0.717) is 6.20 Å². The predicted molar refractivity (Wildman–Crippen MR) is 53.6 cm³/mol. The van der Waals surface area contributed by atoms with Gasteiger partial charge < -0.3 is 0 Å². The predicted octanol–water partition coefficient (Wildman–Crippen LogP) is 1.73. The minimum Gasteiger partial charge on any atom is -0.258 e. The molecule has 96 valence electrons. The maximum atomic E-state index is 12.5. The van der Waals surface area contributed by atoms with Gasteiger partial charge in [0.05, 0.1) is 4.92 Å². The molecule has 0 saturated heterocycles. The van der Waals surface area contributed by atoms with Gasteiger partial charge in [0.25, 0.3) is 15.5 Å². The average Bonchev–Trinajstić information content (AvgIpc) is 2.25. The molecule has 0 bridgehead atoms. The second-order valence-electron chi connectivity index (χ2n) is 2.85. The lowest BCUT2D eigenvalue weighted by Gasteiger charge is -2.05. The summed E-state index contributed by atoms with van der Waals surface area (Å²) < 4.78 is 47.3. The molecule has 1 aromatic rings. The Hall–Kier alpha value is -1.86. The molecule has 11 heteroatoms. The third-order valence-corrected chi connectivity index (χ3v) is 3.14. The first kappa shape index (κ1) is 14.2. The summed E-state index contributed by atoms with van der Waals surface area (Å²) in [6.45, 7) is 0. The largest absolute Gasteiger partial charge is 0.302 e. The van der Waals surface area contributed by atoms with Gasteiger partial charge in [0, 0.05) is 16.9 Å². The van der Waals surface area contributed by atoms with Crippen LogP contribution < -0.4 is 0 Å². The smallest absolute Gasteiger partial charge is 0.258 e. The van der Waals surface area contributed by atoms with Gasteiger partial charge in [-0.05, 0) is 0 Å². The third-order valence-electron chi connectivity index (χ3n) is 1.80. The van der Waals surface area contributed by atoms with E-state index in [2.05, 4.69) is 4.98 Å². The molecule has 0 aliphatic rings. The van der Waals surface area contributed by atoms with E-state index in [4.69, 9.17) is 15.9 Å². The lowest BCUT2D eigenvalue weighted by molar-refractivity contribution is -0.389. The number of nitriles is 1. The van der Waals surface area contributed by atoms with Crippen molar-refractivity contribution in [2.75, 3.05) is 0 Å². The van der Waals surface area contributed by atoms with Gasteiger partial charge in [-0.3, -0.25) is 10.1 Å². The fourth-order valence-corrected chi connectivity index (χ4v) is 2.35. The van der Waals surface area contributed by atoms with Gasteiger partial charge in [-0.25, -0.2) is 22.2 Å². The maximum Gasteiger partial charge on any atom is 0.302 e. The van der Waals surface area contributed by atoms with Crippen molar-refractivity contribution >= 4 is 25.4 Å². The number of rotatable bonds is 3. The minimum atomic E-state index is -4.77. The number of hydrogen-bond acceptors (Lipinski definition) is 6. The van der Waals surface area contributed by atoms with E-state index in [1.165, 1.54) is 6.07 Å². The summed E-state index contributed by atoms with van der Waals surface area (Å²) in [6.07, 6.45) is -2.96. The number of pyridine rings is 1. The van der Waals surface area contributed by atoms with E-state index in [1.807, 2.05) is 0 Å². The Kier molecular flexibility index (Phi) is 3.78. The van der Waals surface area contributed by atoms with Crippen LogP contribution in [0.5, 0.6) is 0 Å². The molecule has 0 fully saturated rings. The van der Waals surface area contributed by atoms with Gasteiger partial charge in [0.15, 0.2) is 10.6 Å². The highest BCUT2D eigenvalue weighted by molar-refractivity contribution is 8.13. The quantitative estimate of drug-likeness (QED) is 0.477. The van der Waals surface area contributed by atoms with Crippen LogP contribution in [0.4, 0.5) is 14.5 Å². The van der Waals surface area contributed by atoms with E-state index in [0.717, 1.165) is 0 Å². The lowest BCUT2D eigenvalue weighted by atomic mass is 10.2. The van der Waals surface area contributed by atoms with Crippen molar-refractivity contribution in [1.82, 2.24) is 4.98 Å². The van der Waals surface area contributed by atoms with Crippen LogP contribution in [0.2, 0.25) is 0 Å². The molecular formula is C7H2ClF2N3O4S. The van der Waals surface area contributed by atoms with Crippen LogP contribution in [0, 0.1) is 21.4 Å². The third kappa shape index (κ3) is 2.52. The Labute approximate surface area is 103 Å². The Morgan fingerprint density at radius 2 is 2.11 bits per heavy atom. The number of nitrogens with zero attached hydrogens (tertiary/aromatic N) is 3. The highest BCUT2D eigenvalue weighted by Gasteiger charge is 2.35. The second kappa shape index (κ2) is 4.79. The molecule has 0 spiro atoms. The van der Waals surface area contributed by atoms with Crippen molar-refractivity contribution in [3.63, 3.8) is 0 Å². The van der Waals surface area contributed by atoms with Crippen LogP contribution in [0.3, 0.4) is 0 Å². The van der Waals surface area contributed by atoms with E-state index < -0.39 is 42.2 Å². The first-order valence-electron chi connectivity index (χ1n) is 4.00. The molecule has 0 aliphatic carbocycles. The van der Waals surface area contributed by atoms with Crippen LogP contribution in [0.1, 0.15) is 17.7 Å². The SMILES string of the molecule is N#Cc1ncc(C(F)F)c([N+](=O)[O-])c1S(=O)(=O)Cl. The zero-order chi connectivity index (χ0) is 14.1. The van der Waals surface area contributed by atoms with Crippen LogP contribution in [-0.2, 0) is 9.05 Å². The van der Waals surface area contributed by atoms with Gasteiger partial charge in [-0.1, -0.05) is 0 Å². The number of aromatic nitrogens is 1. The van der Waals surface area contributed by atoms with E-state index in [1.54, 1.807) is 0 Å². The lowest BCUT2D eigenvalue weighted by Crippen LogP contribution is -2.07. The molecule has 0 radical (unpaired) electrons. The fourth-order valence-electron chi connectivity index (χ4n) is 1.16. The van der Waals surface area contributed by atoms with Crippen molar-refractivity contribution in [3.05, 3.63) is 27.6 Å². The van der Waals surface area contributed by atoms with Crippen LogP contribution in [0.15, 0.2) is 11.1 Å². The Morgan fingerprint density at radius 1 is 1.56 bits per heavy atom. The maximum absolute atomic E-state index is 12.5. The van der Waals surface area contributed by atoms with Gasteiger partial charge in [-0.15, -0.1) is 0 Å². The summed E-state index contributed by atoms with van der Waals surface area (Å²) in [5.74, 6) is 0. The van der Waals surface area contributed by atoms with Crippen molar-refractivity contribution < 1.29 is 22.1 Å². The molecule has 18 heavy (non-hydrogen) atoms. The summed E-state index contributed by atoms with van der Waals surface area (Å²) in [6, 6.07) is 1.24. The normalized spacial score (nSPS) is 11.3. The van der Waals surface area contributed by atoms with Gasteiger partial charge in [-0.2, -0.15) is 5.26 Å². The molecule has 0 atom stereocenters. The molecule has 0 amide bonds. The highest BCUT2D eigenvalue weighted by Crippen LogP contribution is 2.36. The molecule has 1 rings (SSSR count). The number of hydrogen-bond donors (Lipinski definition) is 0. The van der Waals surface area contributed by atoms with Crippen LogP contribution in [0.25, 0.3) is 0 Å². The Balaban J connectivity index is 3.90. The number of nitro groups is 1. The molecular weight excluding hydrogens is 296 g/mol. The molecule has 0 saturated carbocycles. The Bertz CT molecular complexity index is 655.